The van der Waals surface area contributed by atoms with Gasteiger partial charge in [0.2, 0.25) is 0 Å². The highest BCUT2D eigenvalue weighted by Crippen LogP contribution is 2.42. The summed E-state index contributed by atoms with van der Waals surface area (Å²) in [7, 11) is 1.18. The first kappa shape index (κ1) is 47.0. The summed E-state index contributed by atoms with van der Waals surface area (Å²) in [5.41, 5.74) is -0.597. The number of likely N-dealkylation sites (N-methyl/N-ethyl adjacent to an activating group) is 1. The minimum Gasteiger partial charge on any atom is -0.756 e. The summed E-state index contributed by atoms with van der Waals surface area (Å²) in [6.45, 7) is 4.22. The number of esters is 2. The SMILES string of the molecule is CCCCCCCCCCCCCCCC(=O)OC[C@H](COP(=O)([O-])OCC[N+](C)(C)C)OC(=O)C1(CCCCCCCC)CCCCCC1. The number of quaternary nitrogens is 1. The Morgan fingerprint density at radius 1 is 0.680 bits per heavy atom. The molecule has 1 unspecified atom stereocenters. The third-order valence-corrected chi connectivity index (χ3v) is 11.1. The summed E-state index contributed by atoms with van der Waals surface area (Å²) in [6.07, 6.45) is 28.5. The molecule has 0 saturated heterocycles. The highest BCUT2D eigenvalue weighted by Gasteiger charge is 2.41. The quantitative estimate of drug-likeness (QED) is 0.0221. The third kappa shape index (κ3) is 25.1. The second kappa shape index (κ2) is 28.5. The fraction of sp³-hybridized carbons (Fsp3) is 0.950. The number of ether oxygens (including phenoxy) is 2. The van der Waals surface area contributed by atoms with Crippen LogP contribution in [0.3, 0.4) is 0 Å². The maximum atomic E-state index is 13.9. The third-order valence-electron chi connectivity index (χ3n) is 10.1. The van der Waals surface area contributed by atoms with E-state index in [-0.39, 0.29) is 31.6 Å². The maximum absolute atomic E-state index is 13.9. The van der Waals surface area contributed by atoms with Crippen LogP contribution in [0.2, 0.25) is 0 Å². The van der Waals surface area contributed by atoms with E-state index in [1.165, 1.54) is 83.5 Å². The van der Waals surface area contributed by atoms with E-state index in [2.05, 4.69) is 13.8 Å². The van der Waals surface area contributed by atoms with Gasteiger partial charge in [-0.15, -0.1) is 0 Å². The Bertz CT molecular complexity index is 900. The van der Waals surface area contributed by atoms with Crippen LogP contribution in [0, 0.1) is 5.41 Å². The molecule has 0 spiro atoms. The number of hydrogen-bond acceptors (Lipinski definition) is 8. The lowest BCUT2D eigenvalue weighted by atomic mass is 9.76. The Morgan fingerprint density at radius 2 is 1.16 bits per heavy atom. The molecular formula is C40H78NO8P. The second-order valence-electron chi connectivity index (χ2n) is 16.0. The van der Waals surface area contributed by atoms with Crippen molar-refractivity contribution in [2.24, 2.45) is 5.41 Å². The van der Waals surface area contributed by atoms with E-state index < -0.39 is 25.9 Å². The Balaban J connectivity index is 2.65. The number of rotatable bonds is 32. The molecule has 0 bridgehead atoms. The van der Waals surface area contributed by atoms with Gasteiger partial charge in [-0.1, -0.05) is 155 Å². The molecule has 0 aromatic rings. The van der Waals surface area contributed by atoms with Crippen molar-refractivity contribution in [2.45, 2.75) is 193 Å². The van der Waals surface area contributed by atoms with Gasteiger partial charge in [0.25, 0.3) is 7.82 Å². The molecule has 1 rings (SSSR count). The van der Waals surface area contributed by atoms with Crippen LogP contribution in [0.4, 0.5) is 0 Å². The number of phosphoric acid groups is 1. The summed E-state index contributed by atoms with van der Waals surface area (Å²) in [6, 6.07) is 0. The van der Waals surface area contributed by atoms with Crippen molar-refractivity contribution in [3.8, 4) is 0 Å². The molecule has 0 radical (unpaired) electrons. The van der Waals surface area contributed by atoms with Crippen molar-refractivity contribution in [1.82, 2.24) is 0 Å². The second-order valence-corrected chi connectivity index (χ2v) is 17.4. The summed E-state index contributed by atoms with van der Waals surface area (Å²) in [5, 5.41) is 0. The van der Waals surface area contributed by atoms with Crippen molar-refractivity contribution in [3.05, 3.63) is 0 Å². The molecule has 0 aromatic heterocycles. The molecule has 0 heterocycles. The zero-order valence-electron chi connectivity index (χ0n) is 33.2. The largest absolute Gasteiger partial charge is 0.756 e. The molecule has 0 aliphatic heterocycles. The molecule has 50 heavy (non-hydrogen) atoms. The standard InChI is InChI=1S/C40H78NO8P/c1-6-8-10-12-14-15-16-17-18-19-20-21-25-29-38(42)46-35-37(36-48-50(44,45)47-34-33-41(3,4)5)49-39(43)40(31-27-23-24-28-32-40)30-26-22-13-11-9-7-2/h37H,6-36H2,1-5H3/t37-/m1/s1. The van der Waals surface area contributed by atoms with Crippen molar-refractivity contribution < 1.29 is 42.1 Å². The summed E-state index contributed by atoms with van der Waals surface area (Å²) in [4.78, 5) is 39.2. The van der Waals surface area contributed by atoms with Crippen LogP contribution >= 0.6 is 7.82 Å². The fourth-order valence-corrected chi connectivity index (χ4v) is 7.51. The predicted octanol–water partition coefficient (Wildman–Crippen LogP) is 10.2. The number of hydrogen-bond donors (Lipinski definition) is 0. The zero-order valence-corrected chi connectivity index (χ0v) is 34.1. The summed E-state index contributed by atoms with van der Waals surface area (Å²) in [5.74, 6) is -0.685. The van der Waals surface area contributed by atoms with Gasteiger partial charge in [-0.2, -0.15) is 0 Å². The number of phosphoric ester groups is 1. The first-order valence-electron chi connectivity index (χ1n) is 20.7. The molecule has 1 aliphatic rings. The molecule has 0 aromatic carbocycles. The molecule has 2 atom stereocenters. The maximum Gasteiger partial charge on any atom is 0.312 e. The van der Waals surface area contributed by atoms with Crippen LogP contribution in [-0.4, -0.2) is 70.0 Å². The Kier molecular flexibility index (Phi) is 26.8. The minimum atomic E-state index is -4.65. The van der Waals surface area contributed by atoms with Crippen molar-refractivity contribution in [2.75, 3.05) is 47.5 Å². The summed E-state index contributed by atoms with van der Waals surface area (Å²) < 4.78 is 35.0. The van der Waals surface area contributed by atoms with Crippen LogP contribution in [0.5, 0.6) is 0 Å². The van der Waals surface area contributed by atoms with Crippen molar-refractivity contribution in [3.63, 3.8) is 0 Å². The monoisotopic (exact) mass is 732 g/mol. The zero-order chi connectivity index (χ0) is 37.0. The lowest BCUT2D eigenvalue weighted by molar-refractivity contribution is -0.870. The van der Waals surface area contributed by atoms with E-state index in [1.54, 1.807) is 0 Å². The lowest BCUT2D eigenvalue weighted by Gasteiger charge is -2.33. The molecular weight excluding hydrogens is 653 g/mol. The van der Waals surface area contributed by atoms with E-state index in [0.29, 0.717) is 11.0 Å². The van der Waals surface area contributed by atoms with Crippen LogP contribution in [0.15, 0.2) is 0 Å². The van der Waals surface area contributed by atoms with E-state index in [0.717, 1.165) is 83.5 Å². The molecule has 0 amide bonds. The van der Waals surface area contributed by atoms with Gasteiger partial charge in [0.1, 0.15) is 19.8 Å². The lowest BCUT2D eigenvalue weighted by Crippen LogP contribution is -2.39. The molecule has 1 aliphatic carbocycles. The number of unbranched alkanes of at least 4 members (excludes halogenated alkanes) is 17. The Hall–Kier alpha value is -0.990. The normalized spacial score (nSPS) is 16.8. The van der Waals surface area contributed by atoms with E-state index in [1.807, 2.05) is 21.1 Å². The van der Waals surface area contributed by atoms with Crippen LogP contribution in [-0.2, 0) is 32.7 Å². The predicted molar refractivity (Wildman–Crippen MR) is 202 cm³/mol. The topological polar surface area (TPSA) is 111 Å². The van der Waals surface area contributed by atoms with Crippen molar-refractivity contribution >= 4 is 19.8 Å². The van der Waals surface area contributed by atoms with Crippen LogP contribution in [0.1, 0.15) is 187 Å². The fourth-order valence-electron chi connectivity index (χ4n) is 6.78. The van der Waals surface area contributed by atoms with Gasteiger partial charge in [-0.3, -0.25) is 14.2 Å². The molecule has 1 fully saturated rings. The highest BCUT2D eigenvalue weighted by atomic mass is 31.2. The molecule has 296 valence electrons. The van der Waals surface area contributed by atoms with Gasteiger partial charge in [0, 0.05) is 6.42 Å². The van der Waals surface area contributed by atoms with E-state index in [4.69, 9.17) is 18.5 Å². The number of carbonyl (C=O) groups is 2. The molecule has 9 nitrogen and oxygen atoms in total. The number of carbonyl (C=O) groups excluding carboxylic acids is 2. The smallest absolute Gasteiger partial charge is 0.312 e. The summed E-state index contributed by atoms with van der Waals surface area (Å²) >= 11 is 0. The average molecular weight is 732 g/mol. The first-order chi connectivity index (χ1) is 23.9. The van der Waals surface area contributed by atoms with Gasteiger partial charge in [-0.05, 0) is 25.7 Å². The van der Waals surface area contributed by atoms with Crippen LogP contribution in [0.25, 0.3) is 0 Å². The molecule has 0 N–H and O–H groups in total. The number of nitrogens with zero attached hydrogens (tertiary/aromatic N) is 1. The molecule has 10 heteroatoms. The van der Waals surface area contributed by atoms with Gasteiger partial charge in [-0.25, -0.2) is 0 Å². The van der Waals surface area contributed by atoms with E-state index in [9.17, 15) is 19.0 Å². The van der Waals surface area contributed by atoms with Crippen molar-refractivity contribution in [1.29, 1.82) is 0 Å². The Morgan fingerprint density at radius 3 is 1.66 bits per heavy atom. The molecule has 1 saturated carbocycles. The van der Waals surface area contributed by atoms with Gasteiger partial charge < -0.3 is 27.9 Å². The van der Waals surface area contributed by atoms with Gasteiger partial charge >= 0.3 is 11.9 Å². The van der Waals surface area contributed by atoms with Gasteiger partial charge in [0.05, 0.1) is 33.2 Å². The van der Waals surface area contributed by atoms with E-state index >= 15 is 0 Å². The first-order valence-corrected chi connectivity index (χ1v) is 22.2. The van der Waals surface area contributed by atoms with Gasteiger partial charge in [0.15, 0.2) is 6.10 Å². The Labute approximate surface area is 307 Å². The minimum absolute atomic E-state index is 0.0236. The highest BCUT2D eigenvalue weighted by molar-refractivity contribution is 7.45. The van der Waals surface area contributed by atoms with Crippen LogP contribution < -0.4 is 4.89 Å². The average Bonchev–Trinajstić information content (AvgIpc) is 3.32.